The third-order valence-electron chi connectivity index (χ3n) is 5.32. The average molecular weight is 462 g/mol. The lowest BCUT2D eigenvalue weighted by Gasteiger charge is -2.30. The minimum atomic E-state index is -3.72. The molecule has 164 valence electrons. The Balaban J connectivity index is 1.49. The van der Waals surface area contributed by atoms with Crippen LogP contribution in [0.1, 0.15) is 31.2 Å². The average Bonchev–Trinajstić information content (AvgIpc) is 3.46. The zero-order chi connectivity index (χ0) is 22.0. The zero-order valence-electron chi connectivity index (χ0n) is 17.2. The van der Waals surface area contributed by atoms with E-state index >= 15 is 0 Å². The molecule has 2 aromatic heterocycles. The van der Waals surface area contributed by atoms with Crippen LogP contribution >= 0.6 is 11.3 Å². The molecular weight excluding hydrogens is 438 g/mol. The molecule has 1 saturated heterocycles. The lowest BCUT2D eigenvalue weighted by atomic mass is 9.97. The summed E-state index contributed by atoms with van der Waals surface area (Å²) in [4.78, 5) is 21.0. The number of rotatable bonds is 6. The highest BCUT2D eigenvalue weighted by molar-refractivity contribution is 7.89. The second-order valence-electron chi connectivity index (χ2n) is 7.35. The molecule has 11 heteroatoms. The molecule has 3 aromatic rings. The number of amides is 1. The highest BCUT2D eigenvalue weighted by atomic mass is 32.2. The lowest BCUT2D eigenvalue weighted by molar-refractivity contribution is -0.120. The molecule has 0 bridgehead atoms. The first kappa shape index (κ1) is 21.6. The first-order valence-electron chi connectivity index (χ1n) is 10.0. The molecule has 0 unspecified atom stereocenters. The van der Waals surface area contributed by atoms with Gasteiger partial charge in [0, 0.05) is 42.6 Å². The molecule has 3 heterocycles. The molecule has 0 aliphatic carbocycles. The van der Waals surface area contributed by atoms with Crippen molar-refractivity contribution in [2.45, 2.75) is 38.0 Å². The molecule has 1 aromatic carbocycles. The van der Waals surface area contributed by atoms with Crippen molar-refractivity contribution in [2.75, 3.05) is 18.4 Å². The summed E-state index contributed by atoms with van der Waals surface area (Å²) >= 11 is 1.36. The number of nitrogens with zero attached hydrogens (tertiary/aromatic N) is 4. The molecule has 1 N–H and O–H groups in total. The Morgan fingerprint density at radius 2 is 2.10 bits per heavy atom. The van der Waals surface area contributed by atoms with Crippen molar-refractivity contribution < 1.29 is 17.7 Å². The summed E-state index contributed by atoms with van der Waals surface area (Å²) < 4.78 is 33.3. The highest BCUT2D eigenvalue weighted by Gasteiger charge is 2.33. The highest BCUT2D eigenvalue weighted by Crippen LogP contribution is 2.29. The Kier molecular flexibility index (Phi) is 6.17. The minimum absolute atomic E-state index is 0.117. The molecule has 0 spiro atoms. The van der Waals surface area contributed by atoms with Crippen LogP contribution in [0, 0.1) is 12.8 Å². The largest absolute Gasteiger partial charge is 0.339 e. The summed E-state index contributed by atoms with van der Waals surface area (Å²) in [7, 11) is -3.72. The third-order valence-corrected chi connectivity index (χ3v) is 8.05. The van der Waals surface area contributed by atoms with E-state index in [1.54, 1.807) is 36.7 Å². The monoisotopic (exact) mass is 461 g/mol. The van der Waals surface area contributed by atoms with Crippen molar-refractivity contribution in [2.24, 2.45) is 5.92 Å². The maximum atomic E-state index is 13.3. The predicted octanol–water partition coefficient (Wildman–Crippen LogP) is 3.10. The first-order valence-corrected chi connectivity index (χ1v) is 12.3. The third kappa shape index (κ3) is 4.53. The number of carbonyl (C=O) groups is 1. The second-order valence-corrected chi connectivity index (χ2v) is 10.2. The van der Waals surface area contributed by atoms with Crippen molar-refractivity contribution in [3.63, 3.8) is 0 Å². The van der Waals surface area contributed by atoms with Gasteiger partial charge >= 0.3 is 0 Å². The molecule has 4 rings (SSSR count). The Labute approximate surface area is 184 Å². The van der Waals surface area contributed by atoms with E-state index in [-0.39, 0.29) is 29.8 Å². The van der Waals surface area contributed by atoms with Crippen LogP contribution < -0.4 is 5.32 Å². The van der Waals surface area contributed by atoms with Crippen molar-refractivity contribution >= 4 is 32.4 Å². The number of hydrogen-bond donors (Lipinski definition) is 1. The molecule has 0 radical (unpaired) electrons. The van der Waals surface area contributed by atoms with Crippen LogP contribution in [0.5, 0.6) is 0 Å². The Morgan fingerprint density at radius 3 is 2.74 bits per heavy atom. The number of aryl methyl sites for hydroxylation is 2. The van der Waals surface area contributed by atoms with Crippen LogP contribution in [0.3, 0.4) is 0 Å². The molecule has 0 atom stereocenters. The van der Waals surface area contributed by atoms with Crippen molar-refractivity contribution in [3.05, 3.63) is 41.2 Å². The summed E-state index contributed by atoms with van der Waals surface area (Å²) in [6.45, 7) is 4.23. The zero-order valence-corrected chi connectivity index (χ0v) is 18.9. The quantitative estimate of drug-likeness (QED) is 0.599. The summed E-state index contributed by atoms with van der Waals surface area (Å²) in [6.07, 6.45) is 3.15. The van der Waals surface area contributed by atoms with Crippen molar-refractivity contribution in [1.82, 2.24) is 19.4 Å². The number of nitrogens with one attached hydrogen (secondary N) is 1. The van der Waals surface area contributed by atoms with E-state index in [4.69, 9.17) is 4.52 Å². The number of hydrogen-bond acceptors (Lipinski definition) is 8. The fourth-order valence-electron chi connectivity index (χ4n) is 3.52. The maximum absolute atomic E-state index is 13.3. The van der Waals surface area contributed by atoms with Crippen molar-refractivity contribution in [1.29, 1.82) is 0 Å². The Hall–Kier alpha value is -2.63. The molecule has 1 amide bonds. The number of thiazole rings is 1. The minimum Gasteiger partial charge on any atom is -0.339 e. The molecule has 9 nitrogen and oxygen atoms in total. The van der Waals surface area contributed by atoms with Gasteiger partial charge in [-0.15, -0.1) is 11.3 Å². The van der Waals surface area contributed by atoms with E-state index in [0.29, 0.717) is 47.2 Å². The van der Waals surface area contributed by atoms with Gasteiger partial charge in [-0.05, 0) is 31.4 Å². The van der Waals surface area contributed by atoms with Crippen LogP contribution in [-0.4, -0.2) is 46.8 Å². The standard InChI is InChI=1S/C20H23N5O4S2/c1-3-17-22-18(24-29-17)15-5-4-13(2)16(12-15)31(27,28)25-9-6-14(7-10-25)19(26)23-20-21-8-11-30-20/h4-5,8,11-12,14H,3,6-7,9-10H2,1-2H3,(H,21,23,26). The molecule has 1 aliphatic rings. The van der Waals surface area contributed by atoms with Gasteiger partial charge in [-0.1, -0.05) is 24.2 Å². The van der Waals surface area contributed by atoms with E-state index in [1.807, 2.05) is 6.92 Å². The number of sulfonamides is 1. The topological polar surface area (TPSA) is 118 Å². The van der Waals surface area contributed by atoms with Gasteiger partial charge in [0.05, 0.1) is 4.90 Å². The van der Waals surface area contributed by atoms with E-state index in [9.17, 15) is 13.2 Å². The van der Waals surface area contributed by atoms with Gasteiger partial charge in [0.2, 0.25) is 27.6 Å². The summed E-state index contributed by atoms with van der Waals surface area (Å²) in [5.74, 6) is 0.507. The predicted molar refractivity (Wildman–Crippen MR) is 116 cm³/mol. The lowest BCUT2D eigenvalue weighted by Crippen LogP contribution is -2.41. The second kappa shape index (κ2) is 8.85. The van der Waals surface area contributed by atoms with Gasteiger partial charge in [0.1, 0.15) is 0 Å². The molecule has 1 fully saturated rings. The van der Waals surface area contributed by atoms with Crippen LogP contribution in [0.15, 0.2) is 39.2 Å². The van der Waals surface area contributed by atoms with Gasteiger partial charge in [0.25, 0.3) is 0 Å². The van der Waals surface area contributed by atoms with E-state index in [0.717, 1.165) is 0 Å². The number of carbonyl (C=O) groups excluding carboxylic acids is 1. The van der Waals surface area contributed by atoms with Gasteiger partial charge in [0.15, 0.2) is 5.13 Å². The van der Waals surface area contributed by atoms with Gasteiger partial charge in [-0.3, -0.25) is 4.79 Å². The van der Waals surface area contributed by atoms with Crippen LogP contribution in [-0.2, 0) is 21.2 Å². The normalized spacial score (nSPS) is 15.8. The Morgan fingerprint density at radius 1 is 1.32 bits per heavy atom. The first-order chi connectivity index (χ1) is 14.9. The summed E-state index contributed by atoms with van der Waals surface area (Å²) in [6, 6.07) is 5.13. The fourth-order valence-corrected chi connectivity index (χ4v) is 5.78. The number of aromatic nitrogens is 3. The fraction of sp³-hybridized carbons (Fsp3) is 0.400. The smallest absolute Gasteiger partial charge is 0.243 e. The van der Waals surface area contributed by atoms with Crippen LogP contribution in [0.25, 0.3) is 11.4 Å². The van der Waals surface area contributed by atoms with E-state index in [2.05, 4.69) is 20.4 Å². The number of anilines is 1. The molecule has 31 heavy (non-hydrogen) atoms. The van der Waals surface area contributed by atoms with E-state index in [1.165, 1.54) is 15.6 Å². The SMILES string of the molecule is CCc1nc(-c2ccc(C)c(S(=O)(=O)N3CCC(C(=O)Nc4nccs4)CC3)c2)no1. The Bertz CT molecular complexity index is 1170. The summed E-state index contributed by atoms with van der Waals surface area (Å²) in [5.41, 5.74) is 1.23. The maximum Gasteiger partial charge on any atom is 0.243 e. The van der Waals surface area contributed by atoms with Crippen LogP contribution in [0.2, 0.25) is 0 Å². The molecular formula is C20H23N5O4S2. The van der Waals surface area contributed by atoms with E-state index < -0.39 is 10.0 Å². The van der Waals surface area contributed by atoms with Crippen LogP contribution in [0.4, 0.5) is 5.13 Å². The number of piperidine rings is 1. The van der Waals surface area contributed by atoms with Gasteiger partial charge in [-0.2, -0.15) is 9.29 Å². The molecule has 0 saturated carbocycles. The molecule has 1 aliphatic heterocycles. The van der Waals surface area contributed by atoms with Gasteiger partial charge < -0.3 is 9.84 Å². The van der Waals surface area contributed by atoms with Crippen molar-refractivity contribution in [3.8, 4) is 11.4 Å². The summed E-state index contributed by atoms with van der Waals surface area (Å²) in [5, 5.41) is 9.08. The number of benzene rings is 1. The van der Waals surface area contributed by atoms with Gasteiger partial charge in [-0.25, -0.2) is 13.4 Å².